The predicted octanol–water partition coefficient (Wildman–Crippen LogP) is 4.40. The van der Waals surface area contributed by atoms with Gasteiger partial charge in [0.05, 0.1) is 17.4 Å². The molecule has 10 heteroatoms. The lowest BCUT2D eigenvalue weighted by atomic mass is 10.2. The minimum atomic E-state index is -0.513. The summed E-state index contributed by atoms with van der Waals surface area (Å²) in [6, 6.07) is 12.1. The molecule has 3 aromatic heterocycles. The van der Waals surface area contributed by atoms with Crippen LogP contribution in [0.3, 0.4) is 0 Å². The Morgan fingerprint density at radius 1 is 1.08 bits per heavy atom. The molecule has 4 heterocycles. The van der Waals surface area contributed by atoms with Crippen LogP contribution in [0.5, 0.6) is 0 Å². The second-order valence-corrected chi connectivity index (χ2v) is 9.83. The van der Waals surface area contributed by atoms with E-state index >= 15 is 0 Å². The van der Waals surface area contributed by atoms with E-state index in [1.807, 2.05) is 61.9 Å². The Morgan fingerprint density at radius 3 is 2.67 bits per heavy atom. The highest BCUT2D eigenvalue weighted by atomic mass is 16.6. The largest absolute Gasteiger partial charge is 0.444 e. The monoisotopic (exact) mass is 486 g/mol. The number of rotatable bonds is 4. The molecule has 0 bridgehead atoms. The van der Waals surface area contributed by atoms with Gasteiger partial charge in [0.1, 0.15) is 17.2 Å². The van der Waals surface area contributed by atoms with E-state index in [0.717, 1.165) is 22.4 Å². The van der Waals surface area contributed by atoms with Gasteiger partial charge >= 0.3 is 6.09 Å². The van der Waals surface area contributed by atoms with Crippen LogP contribution in [0.25, 0.3) is 16.6 Å². The number of nitrogens with one attached hydrogen (secondary N) is 1. The smallest absolute Gasteiger partial charge is 0.410 e. The Bertz CT molecular complexity index is 1370. The third-order valence-corrected chi connectivity index (χ3v) is 5.94. The van der Waals surface area contributed by atoms with Crippen LogP contribution in [0.1, 0.15) is 27.7 Å². The molecular weight excluding hydrogens is 456 g/mol. The average Bonchev–Trinajstić information content (AvgIpc) is 3.22. The number of ether oxygens (including phenoxy) is 1. The van der Waals surface area contributed by atoms with Gasteiger partial charge in [-0.2, -0.15) is 0 Å². The van der Waals surface area contributed by atoms with Crippen LogP contribution in [0.4, 0.5) is 22.2 Å². The number of nitrogens with zero attached hydrogens (tertiary/aromatic N) is 7. The van der Waals surface area contributed by atoms with Crippen molar-refractivity contribution in [2.75, 3.05) is 29.9 Å². The summed E-state index contributed by atoms with van der Waals surface area (Å²) in [6.07, 6.45) is 6.46. The molecule has 0 unspecified atom stereocenters. The summed E-state index contributed by atoms with van der Waals surface area (Å²) in [6.45, 7) is 9.54. The van der Waals surface area contributed by atoms with Gasteiger partial charge in [0.25, 0.3) is 0 Å². The predicted molar refractivity (Wildman–Crippen MR) is 139 cm³/mol. The van der Waals surface area contributed by atoms with Gasteiger partial charge in [0.2, 0.25) is 0 Å². The Balaban J connectivity index is 1.40. The Kier molecular flexibility index (Phi) is 6.17. The van der Waals surface area contributed by atoms with Crippen LogP contribution in [-0.4, -0.2) is 67.0 Å². The summed E-state index contributed by atoms with van der Waals surface area (Å²) in [5, 5.41) is 9.10. The molecule has 4 aromatic rings. The molecule has 1 aromatic carbocycles. The third-order valence-electron chi connectivity index (χ3n) is 5.94. The van der Waals surface area contributed by atoms with E-state index in [1.54, 1.807) is 29.7 Å². The van der Waals surface area contributed by atoms with Gasteiger partial charge in [0, 0.05) is 55.7 Å². The highest BCUT2D eigenvalue weighted by Crippen LogP contribution is 2.29. The molecule has 0 radical (unpaired) electrons. The zero-order valence-electron chi connectivity index (χ0n) is 20.9. The molecule has 0 saturated carbocycles. The number of piperazine rings is 1. The van der Waals surface area contributed by atoms with Gasteiger partial charge in [0.15, 0.2) is 5.82 Å². The van der Waals surface area contributed by atoms with E-state index in [0.29, 0.717) is 31.3 Å². The standard InChI is InChI=1S/C26H30N8O2/c1-18-17-32(25(35)36-26(2,3)4)13-14-33(18)23-15-19(9-10-29-23)34-21-8-6-5-7-20(21)24(31-34)30-22-16-27-11-12-28-22/h5-12,15-16,18H,13-14,17H2,1-4H3,(H,28,30,31)/t18-/m1/s1. The normalized spacial score (nSPS) is 16.3. The van der Waals surface area contributed by atoms with E-state index in [9.17, 15) is 4.79 Å². The topological polar surface area (TPSA) is 101 Å². The van der Waals surface area contributed by atoms with Crippen LogP contribution >= 0.6 is 0 Å². The van der Waals surface area contributed by atoms with Gasteiger partial charge in [-0.25, -0.2) is 19.4 Å². The van der Waals surface area contributed by atoms with Crippen molar-refractivity contribution >= 4 is 34.4 Å². The number of para-hydroxylation sites is 1. The number of aromatic nitrogens is 5. The quantitative estimate of drug-likeness (QED) is 0.453. The maximum atomic E-state index is 12.5. The van der Waals surface area contributed by atoms with Crippen molar-refractivity contribution in [1.82, 2.24) is 29.6 Å². The van der Waals surface area contributed by atoms with Crippen LogP contribution in [-0.2, 0) is 4.74 Å². The van der Waals surface area contributed by atoms with E-state index in [4.69, 9.17) is 9.84 Å². The molecule has 1 amide bonds. The average molecular weight is 487 g/mol. The Hall–Kier alpha value is -4.21. The SMILES string of the molecule is C[C@@H]1CN(C(=O)OC(C)(C)C)CCN1c1cc(-n2nc(Nc3cnccn3)c3ccccc32)ccn1. The van der Waals surface area contributed by atoms with Gasteiger partial charge in [-0.3, -0.25) is 4.98 Å². The molecular formula is C26H30N8O2. The molecule has 1 N–H and O–H groups in total. The van der Waals surface area contributed by atoms with E-state index in [2.05, 4.69) is 32.1 Å². The van der Waals surface area contributed by atoms with Crippen molar-refractivity contribution in [3.8, 4) is 5.69 Å². The van der Waals surface area contributed by atoms with Crippen LogP contribution < -0.4 is 10.2 Å². The first kappa shape index (κ1) is 23.5. The third kappa shape index (κ3) is 4.93. The van der Waals surface area contributed by atoms with Crippen molar-refractivity contribution < 1.29 is 9.53 Å². The highest BCUT2D eigenvalue weighted by molar-refractivity contribution is 5.92. The Morgan fingerprint density at radius 2 is 1.92 bits per heavy atom. The van der Waals surface area contributed by atoms with E-state index < -0.39 is 5.60 Å². The second-order valence-electron chi connectivity index (χ2n) is 9.83. The first-order valence-corrected chi connectivity index (χ1v) is 12.0. The summed E-state index contributed by atoms with van der Waals surface area (Å²) < 4.78 is 7.46. The maximum absolute atomic E-state index is 12.5. The molecule has 0 spiro atoms. The fourth-order valence-corrected chi connectivity index (χ4v) is 4.33. The lowest BCUT2D eigenvalue weighted by Crippen LogP contribution is -2.54. The van der Waals surface area contributed by atoms with Crippen LogP contribution in [0.15, 0.2) is 61.2 Å². The number of anilines is 3. The number of carbonyl (C=O) groups excluding carboxylic acids is 1. The van der Waals surface area contributed by atoms with E-state index in [1.165, 1.54) is 0 Å². The summed E-state index contributed by atoms with van der Waals surface area (Å²) in [4.78, 5) is 29.6. The lowest BCUT2D eigenvalue weighted by Gasteiger charge is -2.40. The summed E-state index contributed by atoms with van der Waals surface area (Å²) in [7, 11) is 0. The molecule has 186 valence electrons. The van der Waals surface area contributed by atoms with Gasteiger partial charge in [-0.1, -0.05) is 12.1 Å². The zero-order chi connectivity index (χ0) is 25.3. The van der Waals surface area contributed by atoms with Crippen molar-refractivity contribution in [3.63, 3.8) is 0 Å². The van der Waals surface area contributed by atoms with Crippen molar-refractivity contribution in [2.24, 2.45) is 0 Å². The molecule has 10 nitrogen and oxygen atoms in total. The molecule has 1 saturated heterocycles. The van der Waals surface area contributed by atoms with Crippen molar-refractivity contribution in [3.05, 3.63) is 61.2 Å². The molecule has 36 heavy (non-hydrogen) atoms. The molecule has 1 aliphatic rings. The fourth-order valence-electron chi connectivity index (χ4n) is 4.33. The van der Waals surface area contributed by atoms with Crippen molar-refractivity contribution in [2.45, 2.75) is 39.3 Å². The highest BCUT2D eigenvalue weighted by Gasteiger charge is 2.30. The number of amides is 1. The van der Waals surface area contributed by atoms with E-state index in [-0.39, 0.29) is 12.1 Å². The first-order chi connectivity index (χ1) is 17.3. The lowest BCUT2D eigenvalue weighted by molar-refractivity contribution is 0.0218. The van der Waals surface area contributed by atoms with Gasteiger partial charge in [-0.15, -0.1) is 5.10 Å². The fraction of sp³-hybridized carbons (Fsp3) is 0.346. The number of fused-ring (bicyclic) bond motifs is 1. The minimum Gasteiger partial charge on any atom is -0.444 e. The number of benzene rings is 1. The van der Waals surface area contributed by atoms with Crippen molar-refractivity contribution in [1.29, 1.82) is 0 Å². The molecule has 0 aliphatic carbocycles. The first-order valence-electron chi connectivity index (χ1n) is 12.0. The summed E-state index contributed by atoms with van der Waals surface area (Å²) in [5.74, 6) is 2.16. The summed E-state index contributed by atoms with van der Waals surface area (Å²) in [5.41, 5.74) is 1.34. The number of hydrogen-bond donors (Lipinski definition) is 1. The molecule has 1 atom stereocenters. The molecule has 1 aliphatic heterocycles. The Labute approximate surface area is 209 Å². The minimum absolute atomic E-state index is 0.0808. The van der Waals surface area contributed by atoms with Gasteiger partial charge < -0.3 is 19.9 Å². The molecule has 1 fully saturated rings. The van der Waals surface area contributed by atoms with Crippen LogP contribution in [0.2, 0.25) is 0 Å². The zero-order valence-corrected chi connectivity index (χ0v) is 20.9. The molecule has 5 rings (SSSR count). The number of pyridine rings is 1. The van der Waals surface area contributed by atoms with Crippen LogP contribution in [0, 0.1) is 0 Å². The number of hydrogen-bond acceptors (Lipinski definition) is 8. The van der Waals surface area contributed by atoms with Gasteiger partial charge in [-0.05, 0) is 45.9 Å². The second kappa shape index (κ2) is 9.44. The number of carbonyl (C=O) groups is 1. The summed E-state index contributed by atoms with van der Waals surface area (Å²) >= 11 is 0. The maximum Gasteiger partial charge on any atom is 0.410 e.